The number of hydrogen-bond donors (Lipinski definition) is 1. The van der Waals surface area contributed by atoms with Crippen LogP contribution >= 0.6 is 0 Å². The molecule has 0 radical (unpaired) electrons. The van der Waals surface area contributed by atoms with Gasteiger partial charge in [0, 0.05) is 19.3 Å². The molecule has 1 saturated carbocycles. The number of nitrogen functional groups attached to an aromatic ring is 1. The van der Waals surface area contributed by atoms with Gasteiger partial charge in [0.15, 0.2) is 0 Å². The first-order valence-corrected chi connectivity index (χ1v) is 6.73. The van der Waals surface area contributed by atoms with Gasteiger partial charge in [-0.15, -0.1) is 0 Å². The highest BCUT2D eigenvalue weighted by molar-refractivity contribution is 5.30. The van der Waals surface area contributed by atoms with Crippen molar-refractivity contribution in [3.8, 4) is 0 Å². The Morgan fingerprint density at radius 1 is 1.33 bits per heavy atom. The van der Waals surface area contributed by atoms with Crippen molar-refractivity contribution in [2.75, 3.05) is 5.73 Å². The fraction of sp³-hybridized carbons (Fsp3) is 0.692. The van der Waals surface area contributed by atoms with Crippen LogP contribution in [-0.2, 0) is 13.1 Å². The van der Waals surface area contributed by atoms with Gasteiger partial charge in [0.1, 0.15) is 5.69 Å². The van der Waals surface area contributed by atoms with Gasteiger partial charge >= 0.3 is 5.69 Å². The van der Waals surface area contributed by atoms with Crippen molar-refractivity contribution < 1.29 is 0 Å². The van der Waals surface area contributed by atoms with Gasteiger partial charge in [-0.3, -0.25) is 13.9 Å². The molecule has 0 aliphatic heterocycles. The number of nitrogens with zero attached hydrogens (tertiary/aromatic N) is 2. The minimum Gasteiger partial charge on any atom is -0.393 e. The Kier molecular flexibility index (Phi) is 3.89. The van der Waals surface area contributed by atoms with Crippen LogP contribution in [-0.4, -0.2) is 9.13 Å². The van der Waals surface area contributed by atoms with Crippen LogP contribution in [0.2, 0.25) is 0 Å². The first kappa shape index (κ1) is 12.9. The molecule has 0 aromatic carbocycles. The van der Waals surface area contributed by atoms with E-state index in [1.165, 1.54) is 23.6 Å². The molecule has 2 N–H and O–H groups in total. The largest absolute Gasteiger partial charge is 0.393 e. The van der Waals surface area contributed by atoms with E-state index in [4.69, 9.17) is 5.73 Å². The lowest BCUT2D eigenvalue weighted by Gasteiger charge is -2.14. The minimum atomic E-state index is -0.334. The third kappa shape index (κ3) is 2.49. The summed E-state index contributed by atoms with van der Waals surface area (Å²) in [5.74, 6) is 0.451. The smallest absolute Gasteiger partial charge is 0.331 e. The highest BCUT2D eigenvalue weighted by atomic mass is 16.2. The first-order chi connectivity index (χ1) is 8.63. The number of nitrogens with two attached hydrogens (primary N) is 1. The molecule has 0 spiro atoms. The monoisotopic (exact) mass is 251 g/mol. The van der Waals surface area contributed by atoms with Crippen LogP contribution in [0.25, 0.3) is 0 Å². The third-order valence-electron chi connectivity index (χ3n) is 3.64. The van der Waals surface area contributed by atoms with Crippen LogP contribution in [0.1, 0.15) is 39.0 Å². The van der Waals surface area contributed by atoms with Gasteiger partial charge in [0.2, 0.25) is 0 Å². The van der Waals surface area contributed by atoms with Crippen LogP contribution in [0.4, 0.5) is 5.69 Å². The number of aryl methyl sites for hydroxylation is 1. The van der Waals surface area contributed by atoms with E-state index in [2.05, 4.69) is 0 Å². The summed E-state index contributed by atoms with van der Waals surface area (Å²) in [6.07, 6.45) is 6.93. The maximum atomic E-state index is 12.2. The molecule has 1 aliphatic rings. The second-order valence-electron chi connectivity index (χ2n) is 5.13. The van der Waals surface area contributed by atoms with E-state index in [0.717, 1.165) is 19.3 Å². The van der Waals surface area contributed by atoms with Crippen LogP contribution in [0.3, 0.4) is 0 Å². The Labute approximate surface area is 106 Å². The van der Waals surface area contributed by atoms with Crippen molar-refractivity contribution in [1.82, 2.24) is 9.13 Å². The van der Waals surface area contributed by atoms with Crippen molar-refractivity contribution in [2.24, 2.45) is 5.92 Å². The Hall–Kier alpha value is -1.52. The third-order valence-corrected chi connectivity index (χ3v) is 3.64. The average Bonchev–Trinajstić information content (AvgIpc) is 2.85. The topological polar surface area (TPSA) is 70.0 Å². The van der Waals surface area contributed by atoms with E-state index >= 15 is 0 Å². The molecular weight excluding hydrogens is 230 g/mol. The normalized spacial score (nSPS) is 16.3. The zero-order valence-corrected chi connectivity index (χ0v) is 10.9. The molecule has 0 unspecified atom stereocenters. The molecule has 18 heavy (non-hydrogen) atoms. The van der Waals surface area contributed by atoms with Crippen molar-refractivity contribution in [3.05, 3.63) is 27.0 Å². The molecule has 1 aromatic heterocycles. The van der Waals surface area contributed by atoms with Crippen LogP contribution in [0.5, 0.6) is 0 Å². The number of anilines is 1. The van der Waals surface area contributed by atoms with E-state index < -0.39 is 0 Å². The van der Waals surface area contributed by atoms with Gasteiger partial charge in [-0.2, -0.15) is 0 Å². The second-order valence-corrected chi connectivity index (χ2v) is 5.13. The predicted octanol–water partition coefficient (Wildman–Crippen LogP) is 1.19. The predicted molar refractivity (Wildman–Crippen MR) is 71.6 cm³/mol. The highest BCUT2D eigenvalue weighted by Gasteiger charge is 2.18. The molecule has 0 bridgehead atoms. The lowest BCUT2D eigenvalue weighted by molar-refractivity contribution is 0.423. The van der Waals surface area contributed by atoms with E-state index in [9.17, 15) is 9.59 Å². The lowest BCUT2D eigenvalue weighted by atomic mass is 10.1. The standard InChI is InChI=1S/C13H21N3O2/c1-2-7-15-9-11(14)12(17)16(13(15)18)8-10-5-3-4-6-10/h9-10H,2-8,14H2,1H3. The quantitative estimate of drug-likeness (QED) is 0.874. The lowest BCUT2D eigenvalue weighted by Crippen LogP contribution is -2.41. The molecule has 0 saturated heterocycles. The van der Waals surface area contributed by atoms with Gasteiger partial charge in [-0.1, -0.05) is 19.8 Å². The minimum absolute atomic E-state index is 0.168. The highest BCUT2D eigenvalue weighted by Crippen LogP contribution is 2.25. The van der Waals surface area contributed by atoms with Gasteiger partial charge in [0.25, 0.3) is 5.56 Å². The van der Waals surface area contributed by atoms with Crippen LogP contribution in [0, 0.1) is 5.92 Å². The van der Waals surface area contributed by atoms with Gasteiger partial charge in [-0.25, -0.2) is 4.79 Å². The van der Waals surface area contributed by atoms with Crippen LogP contribution in [0.15, 0.2) is 15.8 Å². The first-order valence-electron chi connectivity index (χ1n) is 6.73. The molecule has 1 aliphatic carbocycles. The maximum Gasteiger partial charge on any atom is 0.331 e. The fourth-order valence-corrected chi connectivity index (χ4v) is 2.69. The summed E-state index contributed by atoms with van der Waals surface area (Å²) in [5.41, 5.74) is 5.32. The Morgan fingerprint density at radius 3 is 2.61 bits per heavy atom. The molecule has 1 fully saturated rings. The molecule has 0 atom stereocenters. The molecule has 1 aromatic rings. The summed E-state index contributed by atoms with van der Waals surface area (Å²) in [6.45, 7) is 3.12. The molecule has 2 rings (SSSR count). The number of hydrogen-bond acceptors (Lipinski definition) is 3. The molecular formula is C13H21N3O2. The fourth-order valence-electron chi connectivity index (χ4n) is 2.69. The zero-order chi connectivity index (χ0) is 13.1. The van der Waals surface area contributed by atoms with Crippen molar-refractivity contribution >= 4 is 5.69 Å². The van der Waals surface area contributed by atoms with Crippen LogP contribution < -0.4 is 17.0 Å². The maximum absolute atomic E-state index is 12.2. The van der Waals surface area contributed by atoms with Crippen molar-refractivity contribution in [2.45, 2.75) is 52.1 Å². The number of aromatic nitrogens is 2. The Morgan fingerprint density at radius 2 is 2.00 bits per heavy atom. The van der Waals surface area contributed by atoms with Crippen molar-refractivity contribution in [3.63, 3.8) is 0 Å². The zero-order valence-electron chi connectivity index (χ0n) is 10.9. The molecule has 0 amide bonds. The average molecular weight is 251 g/mol. The van der Waals surface area contributed by atoms with E-state index in [0.29, 0.717) is 19.0 Å². The molecule has 1 heterocycles. The molecule has 5 heteroatoms. The summed E-state index contributed by atoms with van der Waals surface area (Å²) >= 11 is 0. The molecule has 5 nitrogen and oxygen atoms in total. The summed E-state index contributed by atoms with van der Waals surface area (Å²) in [4.78, 5) is 24.1. The summed E-state index contributed by atoms with van der Waals surface area (Å²) in [6, 6.07) is 0. The molecule has 100 valence electrons. The Balaban J connectivity index is 2.37. The van der Waals surface area contributed by atoms with Gasteiger partial charge in [-0.05, 0) is 25.2 Å². The van der Waals surface area contributed by atoms with Gasteiger partial charge < -0.3 is 5.73 Å². The van der Waals surface area contributed by atoms with E-state index in [-0.39, 0.29) is 16.9 Å². The second kappa shape index (κ2) is 5.42. The van der Waals surface area contributed by atoms with E-state index in [1.807, 2.05) is 6.92 Å². The van der Waals surface area contributed by atoms with Crippen molar-refractivity contribution in [1.29, 1.82) is 0 Å². The van der Waals surface area contributed by atoms with E-state index in [1.54, 1.807) is 4.57 Å². The van der Waals surface area contributed by atoms with Gasteiger partial charge in [0.05, 0.1) is 0 Å². The summed E-state index contributed by atoms with van der Waals surface area (Å²) in [7, 11) is 0. The Bertz CT molecular complexity index is 524. The summed E-state index contributed by atoms with van der Waals surface area (Å²) in [5, 5.41) is 0. The SMILES string of the molecule is CCCn1cc(N)c(=O)n(CC2CCCC2)c1=O. The number of rotatable bonds is 4. The summed E-state index contributed by atoms with van der Waals surface area (Å²) < 4.78 is 2.87.